The molecule has 0 aliphatic heterocycles. The summed E-state index contributed by atoms with van der Waals surface area (Å²) in [6.45, 7) is 3.68. The highest BCUT2D eigenvalue weighted by atomic mass is 32.2. The fourth-order valence-corrected chi connectivity index (χ4v) is 3.75. The molecular weight excluding hydrogens is 402 g/mol. The number of hydrogen-bond acceptors (Lipinski definition) is 6. The highest BCUT2D eigenvalue weighted by Crippen LogP contribution is 2.24. The van der Waals surface area contributed by atoms with Crippen LogP contribution in [0.5, 0.6) is 11.6 Å². The van der Waals surface area contributed by atoms with Crippen molar-refractivity contribution in [2.75, 3.05) is 18.2 Å². The van der Waals surface area contributed by atoms with Crippen molar-refractivity contribution in [1.29, 1.82) is 0 Å². The smallest absolute Gasteiger partial charge is 0.265 e. The second kappa shape index (κ2) is 9.49. The Morgan fingerprint density at radius 1 is 1.20 bits per heavy atom. The zero-order chi connectivity index (χ0) is 21.7. The maximum Gasteiger partial charge on any atom is 0.265 e. The van der Waals surface area contributed by atoms with Gasteiger partial charge in [-0.15, -0.1) is 0 Å². The number of aromatic hydroxyl groups is 1. The summed E-state index contributed by atoms with van der Waals surface area (Å²) in [4.78, 5) is 29.6. The van der Waals surface area contributed by atoms with Crippen LogP contribution in [0.25, 0.3) is 5.69 Å². The van der Waals surface area contributed by atoms with Crippen LogP contribution in [0.2, 0.25) is 0 Å². The molecule has 3 aromatic rings. The van der Waals surface area contributed by atoms with Crippen LogP contribution in [-0.4, -0.2) is 33.4 Å². The molecule has 156 valence electrons. The van der Waals surface area contributed by atoms with Gasteiger partial charge in [-0.05, 0) is 49.2 Å². The molecule has 0 atom stereocenters. The summed E-state index contributed by atoms with van der Waals surface area (Å²) in [6, 6.07) is 14.4. The third kappa shape index (κ3) is 4.65. The molecule has 0 aliphatic rings. The van der Waals surface area contributed by atoms with Gasteiger partial charge in [0.25, 0.3) is 5.56 Å². The largest absolute Gasteiger partial charge is 0.497 e. The molecular formula is C22H23N3O4S. The second-order valence-corrected chi connectivity index (χ2v) is 7.48. The minimum atomic E-state index is -0.336. The fourth-order valence-electron chi connectivity index (χ4n) is 2.96. The van der Waals surface area contributed by atoms with Crippen molar-refractivity contribution in [1.82, 2.24) is 9.55 Å². The SMILES string of the molecule is CCc1c(O)nc(SCC(=O)Nc2ccc(OC)cc2)n(-c2ccccc2C)c1=O. The minimum Gasteiger partial charge on any atom is -0.497 e. The van der Waals surface area contributed by atoms with Gasteiger partial charge in [-0.25, -0.2) is 0 Å². The molecule has 0 bridgehead atoms. The molecule has 7 nitrogen and oxygen atoms in total. The van der Waals surface area contributed by atoms with Gasteiger partial charge in [-0.2, -0.15) is 4.98 Å². The van der Waals surface area contributed by atoms with Gasteiger partial charge in [-0.1, -0.05) is 36.9 Å². The first-order valence-electron chi connectivity index (χ1n) is 9.42. The van der Waals surface area contributed by atoms with Crippen molar-refractivity contribution in [3.63, 3.8) is 0 Å². The number of benzene rings is 2. The van der Waals surface area contributed by atoms with Crippen LogP contribution in [0, 0.1) is 6.92 Å². The van der Waals surface area contributed by atoms with Crippen LogP contribution in [0.1, 0.15) is 18.1 Å². The molecule has 30 heavy (non-hydrogen) atoms. The molecule has 0 aliphatic carbocycles. The highest BCUT2D eigenvalue weighted by molar-refractivity contribution is 7.99. The number of anilines is 1. The number of carbonyl (C=O) groups excluding carboxylic acids is 1. The molecule has 0 radical (unpaired) electrons. The molecule has 0 fully saturated rings. The number of methoxy groups -OCH3 is 1. The molecule has 0 saturated heterocycles. The zero-order valence-corrected chi connectivity index (χ0v) is 17.8. The third-order valence-corrected chi connectivity index (χ3v) is 5.48. The Kier molecular flexibility index (Phi) is 6.79. The summed E-state index contributed by atoms with van der Waals surface area (Å²) < 4.78 is 6.56. The second-order valence-electron chi connectivity index (χ2n) is 6.54. The lowest BCUT2D eigenvalue weighted by Gasteiger charge is -2.15. The Balaban J connectivity index is 1.87. The Labute approximate surface area is 178 Å². The van der Waals surface area contributed by atoms with Gasteiger partial charge >= 0.3 is 0 Å². The average molecular weight is 426 g/mol. The number of thioether (sulfide) groups is 1. The van der Waals surface area contributed by atoms with Crippen LogP contribution >= 0.6 is 11.8 Å². The maximum absolute atomic E-state index is 13.0. The van der Waals surface area contributed by atoms with E-state index in [4.69, 9.17) is 4.74 Å². The molecule has 0 spiro atoms. The number of aryl methyl sites for hydroxylation is 1. The number of amides is 1. The van der Waals surface area contributed by atoms with Crippen LogP contribution in [0.4, 0.5) is 5.69 Å². The number of carbonyl (C=O) groups is 1. The van der Waals surface area contributed by atoms with Gasteiger partial charge in [0.2, 0.25) is 11.8 Å². The van der Waals surface area contributed by atoms with Gasteiger partial charge in [-0.3, -0.25) is 14.2 Å². The fraction of sp³-hybridized carbons (Fsp3) is 0.227. The van der Waals surface area contributed by atoms with Crippen molar-refractivity contribution in [2.45, 2.75) is 25.4 Å². The summed E-state index contributed by atoms with van der Waals surface area (Å²) in [6.07, 6.45) is 0.354. The quantitative estimate of drug-likeness (QED) is 0.444. The Morgan fingerprint density at radius 3 is 2.53 bits per heavy atom. The van der Waals surface area contributed by atoms with Gasteiger partial charge < -0.3 is 15.2 Å². The Bertz CT molecular complexity index is 1110. The van der Waals surface area contributed by atoms with Crippen molar-refractivity contribution in [3.05, 3.63) is 70.0 Å². The van der Waals surface area contributed by atoms with Crippen LogP contribution in [0.15, 0.2) is 58.5 Å². The lowest BCUT2D eigenvalue weighted by Crippen LogP contribution is -2.26. The number of rotatable bonds is 7. The summed E-state index contributed by atoms with van der Waals surface area (Å²) >= 11 is 1.09. The van der Waals surface area contributed by atoms with E-state index in [0.29, 0.717) is 23.5 Å². The predicted octanol–water partition coefficient (Wildman–Crippen LogP) is 3.55. The first kappa shape index (κ1) is 21.4. The van der Waals surface area contributed by atoms with Gasteiger partial charge in [0.1, 0.15) is 5.75 Å². The number of hydrogen-bond donors (Lipinski definition) is 2. The number of ether oxygens (including phenoxy) is 1. The standard InChI is InChI=1S/C22H23N3O4S/c1-4-17-20(27)24-22(25(21(17)28)18-8-6-5-7-14(18)2)30-13-19(26)23-15-9-11-16(29-3)12-10-15/h5-12,27H,4,13H2,1-3H3,(H,23,26). The molecule has 3 rings (SSSR count). The van der Waals surface area contributed by atoms with Crippen LogP contribution in [-0.2, 0) is 11.2 Å². The molecule has 1 aromatic heterocycles. The van der Waals surface area contributed by atoms with Crippen LogP contribution in [0.3, 0.4) is 0 Å². The summed E-state index contributed by atoms with van der Waals surface area (Å²) in [5, 5.41) is 13.3. The molecule has 2 N–H and O–H groups in total. The number of aromatic nitrogens is 2. The van der Waals surface area contributed by atoms with Crippen molar-refractivity contribution < 1.29 is 14.6 Å². The minimum absolute atomic E-state index is 0.0231. The van der Waals surface area contributed by atoms with E-state index in [2.05, 4.69) is 10.3 Å². The average Bonchev–Trinajstić information content (AvgIpc) is 2.74. The van der Waals surface area contributed by atoms with Gasteiger partial charge in [0.05, 0.1) is 24.1 Å². The molecule has 2 aromatic carbocycles. The Morgan fingerprint density at radius 2 is 1.90 bits per heavy atom. The van der Waals surface area contributed by atoms with E-state index >= 15 is 0 Å². The molecule has 0 saturated carbocycles. The van der Waals surface area contributed by atoms with Gasteiger partial charge in [0.15, 0.2) is 5.16 Å². The molecule has 1 heterocycles. The lowest BCUT2D eigenvalue weighted by molar-refractivity contribution is -0.113. The lowest BCUT2D eigenvalue weighted by atomic mass is 10.2. The summed E-state index contributed by atoms with van der Waals surface area (Å²) in [5.74, 6) is 0.162. The molecule has 0 unspecified atom stereocenters. The maximum atomic E-state index is 13.0. The first-order chi connectivity index (χ1) is 14.4. The summed E-state index contributed by atoms with van der Waals surface area (Å²) in [5.41, 5.74) is 2.10. The number of para-hydroxylation sites is 1. The Hall–Kier alpha value is -3.26. The highest BCUT2D eigenvalue weighted by Gasteiger charge is 2.18. The zero-order valence-electron chi connectivity index (χ0n) is 17.0. The molecule has 8 heteroatoms. The van der Waals surface area contributed by atoms with E-state index in [1.165, 1.54) is 4.57 Å². The van der Waals surface area contributed by atoms with E-state index in [1.54, 1.807) is 38.3 Å². The van der Waals surface area contributed by atoms with Crippen molar-refractivity contribution in [3.8, 4) is 17.3 Å². The number of nitrogens with zero attached hydrogens (tertiary/aromatic N) is 2. The molecule has 1 amide bonds. The predicted molar refractivity (Wildman–Crippen MR) is 118 cm³/mol. The van der Waals surface area contributed by atoms with Crippen molar-refractivity contribution in [2.24, 2.45) is 0 Å². The van der Waals surface area contributed by atoms with E-state index < -0.39 is 0 Å². The topological polar surface area (TPSA) is 93.4 Å². The third-order valence-electron chi connectivity index (χ3n) is 4.54. The van der Waals surface area contributed by atoms with Gasteiger partial charge in [0, 0.05) is 5.69 Å². The van der Waals surface area contributed by atoms with Crippen LogP contribution < -0.4 is 15.6 Å². The van der Waals surface area contributed by atoms with E-state index in [9.17, 15) is 14.7 Å². The summed E-state index contributed by atoms with van der Waals surface area (Å²) in [7, 11) is 1.57. The van der Waals surface area contributed by atoms with E-state index in [-0.39, 0.29) is 33.8 Å². The monoisotopic (exact) mass is 425 g/mol. The number of nitrogens with one attached hydrogen (secondary N) is 1. The van der Waals surface area contributed by atoms with Crippen molar-refractivity contribution >= 4 is 23.4 Å². The first-order valence-corrected chi connectivity index (χ1v) is 10.4. The normalized spacial score (nSPS) is 10.6. The van der Waals surface area contributed by atoms with E-state index in [0.717, 1.165) is 17.3 Å². The van der Waals surface area contributed by atoms with E-state index in [1.807, 2.05) is 31.2 Å².